The summed E-state index contributed by atoms with van der Waals surface area (Å²) in [6.45, 7) is 3.69. The zero-order valence-electron chi connectivity index (χ0n) is 14.9. The fourth-order valence-electron chi connectivity index (χ4n) is 3.08. The molecule has 3 rings (SSSR count). The van der Waals surface area contributed by atoms with Gasteiger partial charge >= 0.3 is 0 Å². The average molecular weight is 358 g/mol. The van der Waals surface area contributed by atoms with E-state index in [9.17, 15) is 14.4 Å². The monoisotopic (exact) mass is 358 g/mol. The Morgan fingerprint density at radius 3 is 2.31 bits per heavy atom. The minimum Gasteiger partial charge on any atom is -0.496 e. The average Bonchev–Trinajstić information content (AvgIpc) is 2.67. The van der Waals surface area contributed by atoms with Crippen molar-refractivity contribution in [2.75, 3.05) is 33.3 Å². The van der Waals surface area contributed by atoms with Gasteiger partial charge in [0.2, 0.25) is 5.91 Å². The molecule has 0 aromatic heterocycles. The summed E-state index contributed by atoms with van der Waals surface area (Å²) < 4.78 is 5.30. The molecule has 0 unspecified atom stereocenters. The lowest BCUT2D eigenvalue weighted by Crippen LogP contribution is -2.52. The lowest BCUT2D eigenvalue weighted by molar-refractivity contribution is -0.126. The molecule has 0 bridgehead atoms. The maximum atomic E-state index is 12.8. The topological polar surface area (TPSA) is 91.3 Å². The van der Waals surface area contributed by atoms with E-state index in [1.54, 1.807) is 23.0 Å². The predicted octanol–water partition coefficient (Wildman–Crippen LogP) is 0.554. The highest BCUT2D eigenvalue weighted by atomic mass is 16.5. The summed E-state index contributed by atoms with van der Waals surface area (Å²) in [5.74, 6) is 0.0978. The van der Waals surface area contributed by atoms with Crippen molar-refractivity contribution in [2.45, 2.75) is 19.8 Å². The van der Waals surface area contributed by atoms with Gasteiger partial charge in [0.25, 0.3) is 11.8 Å². The molecule has 0 aliphatic carbocycles. The number of amides is 3. The van der Waals surface area contributed by atoms with Gasteiger partial charge in [0.1, 0.15) is 11.5 Å². The molecule has 0 radical (unpaired) electrons. The van der Waals surface area contributed by atoms with Gasteiger partial charge < -0.3 is 14.5 Å². The molecule has 8 heteroatoms. The first kappa shape index (κ1) is 17.9. The lowest BCUT2D eigenvalue weighted by Gasteiger charge is -2.35. The fraction of sp³-hybridized carbons (Fsp3) is 0.444. The van der Waals surface area contributed by atoms with Crippen molar-refractivity contribution in [1.82, 2.24) is 15.2 Å². The smallest absolute Gasteiger partial charge is 0.270 e. The van der Waals surface area contributed by atoms with Crippen molar-refractivity contribution < 1.29 is 19.1 Å². The molecule has 2 aliphatic heterocycles. The molecule has 138 valence electrons. The number of nitrogens with one attached hydrogen (secondary N) is 1. The number of benzene rings is 1. The van der Waals surface area contributed by atoms with Crippen LogP contribution in [0.2, 0.25) is 0 Å². The summed E-state index contributed by atoms with van der Waals surface area (Å²) in [7, 11) is 1.54. The molecule has 0 spiro atoms. The van der Waals surface area contributed by atoms with E-state index in [0.717, 1.165) is 5.56 Å². The Morgan fingerprint density at radius 2 is 1.73 bits per heavy atom. The van der Waals surface area contributed by atoms with Crippen molar-refractivity contribution in [3.8, 4) is 5.75 Å². The zero-order chi connectivity index (χ0) is 18.7. The van der Waals surface area contributed by atoms with Crippen LogP contribution in [0.15, 0.2) is 23.3 Å². The van der Waals surface area contributed by atoms with Crippen LogP contribution >= 0.6 is 0 Å². The molecule has 26 heavy (non-hydrogen) atoms. The number of carbonyl (C=O) groups excluding carboxylic acids is 3. The first-order valence-corrected chi connectivity index (χ1v) is 8.58. The van der Waals surface area contributed by atoms with Crippen molar-refractivity contribution in [2.24, 2.45) is 5.10 Å². The molecular formula is C18H22N4O4. The second-order valence-corrected chi connectivity index (χ2v) is 6.38. The molecule has 0 atom stereocenters. The molecule has 1 saturated heterocycles. The Kier molecular flexibility index (Phi) is 5.20. The number of aryl methyl sites for hydroxylation is 1. The Balaban J connectivity index is 1.63. The molecule has 0 saturated carbocycles. The Bertz CT molecular complexity index is 766. The third-order valence-corrected chi connectivity index (χ3v) is 4.59. The van der Waals surface area contributed by atoms with Gasteiger partial charge in [0.05, 0.1) is 12.7 Å². The number of hydrazone groups is 1. The number of rotatable bonds is 3. The highest BCUT2D eigenvalue weighted by Gasteiger charge is 2.29. The van der Waals surface area contributed by atoms with Crippen LogP contribution in [0.1, 0.15) is 28.8 Å². The Hall–Kier alpha value is -2.90. The van der Waals surface area contributed by atoms with Crippen molar-refractivity contribution in [1.29, 1.82) is 0 Å². The third-order valence-electron chi connectivity index (χ3n) is 4.59. The summed E-state index contributed by atoms with van der Waals surface area (Å²) in [6, 6.07) is 5.51. The molecule has 1 fully saturated rings. The number of methoxy groups -OCH3 is 1. The van der Waals surface area contributed by atoms with Gasteiger partial charge in [-0.25, -0.2) is 5.43 Å². The molecule has 1 aromatic rings. The number of carbonyl (C=O) groups is 3. The van der Waals surface area contributed by atoms with E-state index in [4.69, 9.17) is 4.74 Å². The van der Waals surface area contributed by atoms with Gasteiger partial charge in [-0.15, -0.1) is 0 Å². The number of nitrogens with zero attached hydrogens (tertiary/aromatic N) is 3. The Morgan fingerprint density at radius 1 is 1.08 bits per heavy atom. The zero-order valence-corrected chi connectivity index (χ0v) is 14.9. The van der Waals surface area contributed by atoms with E-state index >= 15 is 0 Å². The molecule has 1 aromatic carbocycles. The van der Waals surface area contributed by atoms with Gasteiger partial charge in [-0.05, 0) is 19.1 Å². The van der Waals surface area contributed by atoms with Crippen molar-refractivity contribution in [3.63, 3.8) is 0 Å². The second-order valence-electron chi connectivity index (χ2n) is 6.38. The number of hydrogen-bond donors (Lipinski definition) is 1. The van der Waals surface area contributed by atoms with E-state index in [0.29, 0.717) is 49.6 Å². The summed E-state index contributed by atoms with van der Waals surface area (Å²) in [4.78, 5) is 39.8. The van der Waals surface area contributed by atoms with Crippen LogP contribution in [0.3, 0.4) is 0 Å². The fourth-order valence-corrected chi connectivity index (χ4v) is 3.08. The minimum absolute atomic E-state index is 0.0973. The predicted molar refractivity (Wildman–Crippen MR) is 95.0 cm³/mol. The minimum atomic E-state index is -0.177. The van der Waals surface area contributed by atoms with Crippen LogP contribution in [0.25, 0.3) is 0 Å². The summed E-state index contributed by atoms with van der Waals surface area (Å²) in [5, 5.41) is 3.85. The van der Waals surface area contributed by atoms with E-state index < -0.39 is 0 Å². The maximum Gasteiger partial charge on any atom is 0.270 e. The molecule has 2 aliphatic rings. The first-order chi connectivity index (χ1) is 12.5. The lowest BCUT2D eigenvalue weighted by atomic mass is 10.1. The Labute approximate surface area is 151 Å². The van der Waals surface area contributed by atoms with Crippen LogP contribution in [-0.4, -0.2) is 66.5 Å². The van der Waals surface area contributed by atoms with Crippen LogP contribution in [0.5, 0.6) is 5.75 Å². The van der Waals surface area contributed by atoms with E-state index in [1.165, 1.54) is 0 Å². The van der Waals surface area contributed by atoms with Gasteiger partial charge in [0.15, 0.2) is 0 Å². The number of ether oxygens (including phenoxy) is 1. The van der Waals surface area contributed by atoms with E-state index in [2.05, 4.69) is 10.5 Å². The molecule has 1 N–H and O–H groups in total. The first-order valence-electron chi connectivity index (χ1n) is 8.58. The molecule has 3 amide bonds. The number of piperazine rings is 1. The van der Waals surface area contributed by atoms with Crippen molar-refractivity contribution in [3.05, 3.63) is 29.3 Å². The van der Waals surface area contributed by atoms with Gasteiger partial charge in [-0.1, -0.05) is 11.6 Å². The van der Waals surface area contributed by atoms with Crippen LogP contribution < -0.4 is 10.2 Å². The largest absolute Gasteiger partial charge is 0.496 e. The van der Waals surface area contributed by atoms with Gasteiger partial charge in [0, 0.05) is 39.0 Å². The van der Waals surface area contributed by atoms with Crippen LogP contribution in [0, 0.1) is 6.92 Å². The van der Waals surface area contributed by atoms with Gasteiger partial charge in [-0.3, -0.25) is 14.4 Å². The summed E-state index contributed by atoms with van der Waals surface area (Å²) >= 11 is 0. The molecule has 8 nitrogen and oxygen atoms in total. The number of hydrogen-bond acceptors (Lipinski definition) is 5. The third kappa shape index (κ3) is 3.68. The standard InChI is InChI=1S/C18H22N4O4/c1-12-3-5-15(26-2)13(11-12)17(24)21-7-9-22(10-8-21)18(25)14-4-6-16(23)20-19-14/h3,5,11H,4,6-10H2,1-2H3,(H,20,23). The molecular weight excluding hydrogens is 336 g/mol. The van der Waals surface area contributed by atoms with E-state index in [1.807, 2.05) is 19.1 Å². The quantitative estimate of drug-likeness (QED) is 0.854. The highest BCUT2D eigenvalue weighted by Crippen LogP contribution is 2.22. The summed E-state index contributed by atoms with van der Waals surface area (Å²) in [6.07, 6.45) is 0.625. The summed E-state index contributed by atoms with van der Waals surface area (Å²) in [5.41, 5.74) is 4.23. The van der Waals surface area contributed by atoms with Crippen LogP contribution in [-0.2, 0) is 9.59 Å². The molecule has 2 heterocycles. The maximum absolute atomic E-state index is 12.8. The second kappa shape index (κ2) is 7.55. The highest BCUT2D eigenvalue weighted by molar-refractivity contribution is 6.39. The SMILES string of the molecule is COc1ccc(C)cc1C(=O)N1CCN(C(=O)C2=NNC(=O)CC2)CC1. The van der Waals surface area contributed by atoms with Crippen LogP contribution in [0.4, 0.5) is 0 Å². The van der Waals surface area contributed by atoms with Crippen molar-refractivity contribution >= 4 is 23.4 Å². The van der Waals surface area contributed by atoms with Gasteiger partial charge in [-0.2, -0.15) is 5.10 Å². The van der Waals surface area contributed by atoms with E-state index in [-0.39, 0.29) is 24.1 Å². The normalized spacial score (nSPS) is 17.5.